The molecule has 4 heteroatoms. The number of aliphatic hydroxyl groups excluding tert-OH is 1. The molecule has 0 aliphatic carbocycles. The molecule has 25 heavy (non-hydrogen) atoms. The third-order valence-corrected chi connectivity index (χ3v) is 5.20. The van der Waals surface area contributed by atoms with Crippen LogP contribution in [0.15, 0.2) is 48.5 Å². The number of likely N-dealkylation sites (tertiary alicyclic amines) is 1. The minimum absolute atomic E-state index is 0.493. The summed E-state index contributed by atoms with van der Waals surface area (Å²) in [5, 5.41) is 21.4. The highest BCUT2D eigenvalue weighted by Gasteiger charge is 2.34. The maximum atomic E-state index is 11.0. The van der Waals surface area contributed by atoms with Crippen LogP contribution >= 0.6 is 0 Å². The summed E-state index contributed by atoms with van der Waals surface area (Å²) in [5.41, 5.74) is 2.28. The number of β-amino-alcohol motifs (C(OH)–C–C–N with tert-alkyl or cyclic N) is 1. The average molecular weight is 341 g/mol. The highest BCUT2D eigenvalue weighted by molar-refractivity contribution is 5.31. The van der Waals surface area contributed by atoms with Crippen LogP contribution in [0.4, 0.5) is 0 Å². The summed E-state index contributed by atoms with van der Waals surface area (Å²) in [6.45, 7) is 4.18. The van der Waals surface area contributed by atoms with E-state index in [1.807, 2.05) is 55.5 Å². The topological polar surface area (TPSA) is 52.9 Å². The van der Waals surface area contributed by atoms with E-state index in [9.17, 15) is 10.2 Å². The molecule has 1 aliphatic heterocycles. The first kappa shape index (κ1) is 17.9. The summed E-state index contributed by atoms with van der Waals surface area (Å²) in [7, 11) is 1.64. The lowest BCUT2D eigenvalue weighted by molar-refractivity contribution is -0.0345. The molecule has 1 atom stereocenters. The Morgan fingerprint density at radius 1 is 1.04 bits per heavy atom. The molecule has 0 saturated carbocycles. The van der Waals surface area contributed by atoms with E-state index in [4.69, 9.17) is 4.74 Å². The average Bonchev–Trinajstić information content (AvgIpc) is 2.64. The first-order valence-corrected chi connectivity index (χ1v) is 8.84. The molecule has 0 amide bonds. The maximum Gasteiger partial charge on any atom is 0.118 e. The smallest absolute Gasteiger partial charge is 0.118 e. The molecule has 2 N–H and O–H groups in total. The maximum absolute atomic E-state index is 11.0. The van der Waals surface area contributed by atoms with Crippen LogP contribution in [0.1, 0.15) is 35.6 Å². The van der Waals surface area contributed by atoms with E-state index < -0.39 is 11.7 Å². The number of nitrogens with zero attached hydrogens (tertiary/aromatic N) is 1. The number of hydrogen-bond acceptors (Lipinski definition) is 4. The molecule has 0 bridgehead atoms. The second kappa shape index (κ2) is 7.56. The third kappa shape index (κ3) is 4.21. The predicted molar refractivity (Wildman–Crippen MR) is 98.7 cm³/mol. The zero-order valence-corrected chi connectivity index (χ0v) is 15.0. The molecule has 2 aromatic carbocycles. The summed E-state index contributed by atoms with van der Waals surface area (Å²) >= 11 is 0. The molecule has 1 fully saturated rings. The second-order valence-corrected chi connectivity index (χ2v) is 6.99. The first-order chi connectivity index (χ1) is 12.0. The van der Waals surface area contributed by atoms with Crippen LogP contribution in [-0.4, -0.2) is 41.9 Å². The molecule has 1 unspecified atom stereocenters. The number of rotatable bonds is 5. The summed E-state index contributed by atoms with van der Waals surface area (Å²) in [4.78, 5) is 2.22. The van der Waals surface area contributed by atoms with Crippen molar-refractivity contribution in [2.75, 3.05) is 26.7 Å². The van der Waals surface area contributed by atoms with Gasteiger partial charge >= 0.3 is 0 Å². The normalized spacial score (nSPS) is 18.7. The van der Waals surface area contributed by atoms with Crippen molar-refractivity contribution in [3.63, 3.8) is 0 Å². The van der Waals surface area contributed by atoms with Crippen LogP contribution in [0.3, 0.4) is 0 Å². The van der Waals surface area contributed by atoms with Crippen LogP contribution in [0, 0.1) is 6.92 Å². The Balaban J connectivity index is 1.58. The van der Waals surface area contributed by atoms with Crippen molar-refractivity contribution in [1.29, 1.82) is 0 Å². The van der Waals surface area contributed by atoms with Crippen molar-refractivity contribution < 1.29 is 14.9 Å². The fraction of sp³-hybridized carbons (Fsp3) is 0.429. The molecule has 134 valence electrons. The SMILES string of the molecule is COc1ccc(C2(O)CCN(CC(O)c3ccc(C)cc3)CC2)cc1. The van der Waals surface area contributed by atoms with E-state index in [2.05, 4.69) is 4.90 Å². The van der Waals surface area contributed by atoms with Crippen LogP contribution in [0.5, 0.6) is 5.75 Å². The van der Waals surface area contributed by atoms with Gasteiger partial charge in [-0.15, -0.1) is 0 Å². The molecule has 1 saturated heterocycles. The zero-order valence-electron chi connectivity index (χ0n) is 15.0. The van der Waals surface area contributed by atoms with Crippen molar-refractivity contribution in [3.05, 3.63) is 65.2 Å². The van der Waals surface area contributed by atoms with Gasteiger partial charge in [0.25, 0.3) is 0 Å². The summed E-state index contributed by atoms with van der Waals surface area (Å²) in [5.74, 6) is 0.797. The fourth-order valence-electron chi connectivity index (χ4n) is 3.43. The Kier molecular flexibility index (Phi) is 5.42. The molecular formula is C21H27NO3. The first-order valence-electron chi connectivity index (χ1n) is 8.84. The van der Waals surface area contributed by atoms with Crippen molar-refractivity contribution in [1.82, 2.24) is 4.90 Å². The van der Waals surface area contributed by atoms with E-state index in [0.29, 0.717) is 19.4 Å². The Morgan fingerprint density at radius 2 is 1.64 bits per heavy atom. The number of ether oxygens (including phenoxy) is 1. The monoisotopic (exact) mass is 341 g/mol. The van der Waals surface area contributed by atoms with E-state index in [-0.39, 0.29) is 0 Å². The number of aryl methyl sites for hydroxylation is 1. The van der Waals surface area contributed by atoms with Crippen molar-refractivity contribution in [3.8, 4) is 5.75 Å². The van der Waals surface area contributed by atoms with Crippen LogP contribution < -0.4 is 4.74 Å². The highest BCUT2D eigenvalue weighted by atomic mass is 16.5. The molecule has 0 radical (unpaired) electrons. The lowest BCUT2D eigenvalue weighted by Crippen LogP contribution is -2.43. The molecular weight excluding hydrogens is 314 g/mol. The van der Waals surface area contributed by atoms with Gasteiger partial charge in [0.05, 0.1) is 18.8 Å². The second-order valence-electron chi connectivity index (χ2n) is 6.99. The molecule has 1 heterocycles. The van der Waals surface area contributed by atoms with E-state index >= 15 is 0 Å². The molecule has 1 aliphatic rings. The molecule has 3 rings (SSSR count). The van der Waals surface area contributed by atoms with Crippen molar-refractivity contribution in [2.24, 2.45) is 0 Å². The Hall–Kier alpha value is -1.88. The molecule has 0 spiro atoms. The standard InChI is InChI=1S/C21H27NO3/c1-16-3-5-17(6-4-16)20(23)15-22-13-11-21(24,12-14-22)18-7-9-19(25-2)10-8-18/h3-10,20,23-24H,11-15H2,1-2H3. The van der Waals surface area contributed by atoms with Crippen molar-refractivity contribution in [2.45, 2.75) is 31.5 Å². The van der Waals surface area contributed by atoms with E-state index in [1.165, 1.54) is 5.56 Å². The van der Waals surface area contributed by atoms with Gasteiger partial charge in [0.2, 0.25) is 0 Å². The molecule has 0 aromatic heterocycles. The van der Waals surface area contributed by atoms with Gasteiger partial charge in [0.15, 0.2) is 0 Å². The van der Waals surface area contributed by atoms with Crippen molar-refractivity contribution >= 4 is 0 Å². The van der Waals surface area contributed by atoms with Gasteiger partial charge in [-0.25, -0.2) is 0 Å². The van der Waals surface area contributed by atoms with Crippen LogP contribution in [0.2, 0.25) is 0 Å². The number of piperidine rings is 1. The lowest BCUT2D eigenvalue weighted by Gasteiger charge is -2.39. The van der Waals surface area contributed by atoms with Gasteiger partial charge in [-0.2, -0.15) is 0 Å². The Morgan fingerprint density at radius 3 is 2.20 bits per heavy atom. The van der Waals surface area contributed by atoms with Gasteiger partial charge in [-0.3, -0.25) is 0 Å². The number of hydrogen-bond donors (Lipinski definition) is 2. The third-order valence-electron chi connectivity index (χ3n) is 5.20. The quantitative estimate of drug-likeness (QED) is 0.878. The summed E-state index contributed by atoms with van der Waals surface area (Å²) in [6.07, 6.45) is 0.840. The van der Waals surface area contributed by atoms with Crippen LogP contribution in [-0.2, 0) is 5.60 Å². The highest BCUT2D eigenvalue weighted by Crippen LogP contribution is 2.34. The fourth-order valence-corrected chi connectivity index (χ4v) is 3.43. The van der Waals surface area contributed by atoms with Gasteiger partial charge in [-0.05, 0) is 43.0 Å². The van der Waals surface area contributed by atoms with E-state index in [1.54, 1.807) is 7.11 Å². The number of aliphatic hydroxyl groups is 2. The number of methoxy groups -OCH3 is 1. The zero-order chi connectivity index (χ0) is 17.9. The lowest BCUT2D eigenvalue weighted by atomic mass is 9.84. The minimum Gasteiger partial charge on any atom is -0.497 e. The number of benzene rings is 2. The summed E-state index contributed by atoms with van der Waals surface area (Å²) in [6, 6.07) is 15.7. The largest absolute Gasteiger partial charge is 0.497 e. The Labute approximate surface area is 149 Å². The minimum atomic E-state index is -0.794. The van der Waals surface area contributed by atoms with E-state index in [0.717, 1.165) is 30.0 Å². The molecule has 2 aromatic rings. The van der Waals surface area contributed by atoms with Gasteiger partial charge in [0.1, 0.15) is 5.75 Å². The van der Waals surface area contributed by atoms with Gasteiger partial charge < -0.3 is 19.8 Å². The molecule has 4 nitrogen and oxygen atoms in total. The van der Waals surface area contributed by atoms with Crippen LogP contribution in [0.25, 0.3) is 0 Å². The summed E-state index contributed by atoms with van der Waals surface area (Å²) < 4.78 is 5.18. The predicted octanol–water partition coefficient (Wildman–Crippen LogP) is 3.02. The van der Waals surface area contributed by atoms with Gasteiger partial charge in [0, 0.05) is 19.6 Å². The van der Waals surface area contributed by atoms with Gasteiger partial charge in [-0.1, -0.05) is 42.0 Å². The Bertz CT molecular complexity index is 673.